The van der Waals surface area contributed by atoms with Crippen LogP contribution >= 0.6 is 0 Å². The molecule has 23 heavy (non-hydrogen) atoms. The van der Waals surface area contributed by atoms with Gasteiger partial charge in [-0.25, -0.2) is 4.79 Å². The first-order valence-electron chi connectivity index (χ1n) is 7.57. The molecule has 2 heterocycles. The summed E-state index contributed by atoms with van der Waals surface area (Å²) in [5.41, 5.74) is 0.0436. The monoisotopic (exact) mass is 320 g/mol. The maximum Gasteiger partial charge on any atom is 0.317 e. The zero-order chi connectivity index (χ0) is 16.6. The van der Waals surface area contributed by atoms with Crippen LogP contribution in [0.5, 0.6) is 11.5 Å². The lowest BCUT2D eigenvalue weighted by molar-refractivity contribution is -0.147. The largest absolute Gasteiger partial charge is 0.481 e. The van der Waals surface area contributed by atoms with E-state index in [4.69, 9.17) is 9.47 Å². The third-order valence-corrected chi connectivity index (χ3v) is 4.51. The summed E-state index contributed by atoms with van der Waals surface area (Å²) in [5, 5.41) is 12.1. The second-order valence-corrected chi connectivity index (χ2v) is 6.32. The number of carboxylic acid groups (broad SMARTS) is 1. The predicted molar refractivity (Wildman–Crippen MR) is 81.4 cm³/mol. The van der Waals surface area contributed by atoms with Crippen molar-refractivity contribution in [2.24, 2.45) is 5.41 Å². The molecule has 0 radical (unpaired) electrons. The summed E-state index contributed by atoms with van der Waals surface area (Å²) in [5.74, 6) is 0.504. The van der Waals surface area contributed by atoms with E-state index in [0.29, 0.717) is 24.5 Å². The van der Waals surface area contributed by atoms with E-state index in [-0.39, 0.29) is 25.4 Å². The zero-order valence-corrected chi connectivity index (χ0v) is 13.2. The van der Waals surface area contributed by atoms with Crippen LogP contribution in [0, 0.1) is 5.41 Å². The van der Waals surface area contributed by atoms with Crippen molar-refractivity contribution < 1.29 is 24.2 Å². The molecule has 7 nitrogen and oxygen atoms in total. The summed E-state index contributed by atoms with van der Waals surface area (Å²) in [6, 6.07) is 5.08. The molecule has 0 bridgehead atoms. The van der Waals surface area contributed by atoms with E-state index in [1.54, 1.807) is 11.8 Å². The van der Waals surface area contributed by atoms with Gasteiger partial charge in [0.05, 0.1) is 11.5 Å². The third-order valence-electron chi connectivity index (χ3n) is 4.51. The topological polar surface area (TPSA) is 88.1 Å². The summed E-state index contributed by atoms with van der Waals surface area (Å²) in [7, 11) is 0. The summed E-state index contributed by atoms with van der Waals surface area (Å²) < 4.78 is 10.6. The van der Waals surface area contributed by atoms with Gasteiger partial charge in [-0.15, -0.1) is 0 Å². The number of likely N-dealkylation sites (tertiary alicyclic amines) is 1. The Bertz CT molecular complexity index is 647. The first kappa shape index (κ1) is 15.5. The molecule has 0 aromatic heterocycles. The SMILES string of the molecule is CC(NC(=O)N1CCC(C)(C(=O)O)C1)c1ccc2c(c1)OCO2. The number of carbonyl (C=O) groups excluding carboxylic acids is 1. The fraction of sp³-hybridized carbons (Fsp3) is 0.500. The van der Waals surface area contributed by atoms with Crippen molar-refractivity contribution in [3.8, 4) is 11.5 Å². The number of benzene rings is 1. The maximum atomic E-state index is 12.3. The molecule has 2 aliphatic rings. The predicted octanol–water partition coefficient (Wildman–Crippen LogP) is 1.98. The van der Waals surface area contributed by atoms with Crippen LogP contribution in [0.15, 0.2) is 18.2 Å². The molecule has 2 aliphatic heterocycles. The molecule has 3 rings (SSSR count). The van der Waals surface area contributed by atoms with Crippen LogP contribution in [-0.4, -0.2) is 41.9 Å². The lowest BCUT2D eigenvalue weighted by Crippen LogP contribution is -2.41. The Morgan fingerprint density at radius 1 is 1.35 bits per heavy atom. The zero-order valence-electron chi connectivity index (χ0n) is 13.2. The second-order valence-electron chi connectivity index (χ2n) is 6.32. The van der Waals surface area contributed by atoms with Crippen molar-refractivity contribution in [2.45, 2.75) is 26.3 Å². The molecule has 0 aliphatic carbocycles. The van der Waals surface area contributed by atoms with Gasteiger partial charge in [0.1, 0.15) is 0 Å². The second kappa shape index (κ2) is 5.64. The molecule has 124 valence electrons. The Kier molecular flexibility index (Phi) is 3.79. The highest BCUT2D eigenvalue weighted by Crippen LogP contribution is 2.34. The van der Waals surface area contributed by atoms with Crippen LogP contribution in [-0.2, 0) is 4.79 Å². The number of hydrogen-bond acceptors (Lipinski definition) is 4. The highest BCUT2D eigenvalue weighted by atomic mass is 16.7. The van der Waals surface area contributed by atoms with Gasteiger partial charge in [0.2, 0.25) is 6.79 Å². The highest BCUT2D eigenvalue weighted by Gasteiger charge is 2.42. The number of urea groups is 1. The Morgan fingerprint density at radius 2 is 2.09 bits per heavy atom. The minimum absolute atomic E-state index is 0.209. The number of aliphatic carboxylic acids is 1. The van der Waals surface area contributed by atoms with Crippen molar-refractivity contribution >= 4 is 12.0 Å². The van der Waals surface area contributed by atoms with E-state index in [0.717, 1.165) is 5.56 Å². The number of ether oxygens (including phenoxy) is 2. The van der Waals surface area contributed by atoms with Crippen molar-refractivity contribution in [1.29, 1.82) is 0 Å². The molecule has 1 fully saturated rings. The van der Waals surface area contributed by atoms with E-state index in [9.17, 15) is 14.7 Å². The number of carboxylic acids is 1. The normalized spacial score (nSPS) is 23.7. The quantitative estimate of drug-likeness (QED) is 0.889. The summed E-state index contributed by atoms with van der Waals surface area (Å²) in [6.07, 6.45) is 0.466. The summed E-state index contributed by atoms with van der Waals surface area (Å²) in [4.78, 5) is 25.2. The molecule has 0 spiro atoms. The third kappa shape index (κ3) is 2.91. The first-order valence-corrected chi connectivity index (χ1v) is 7.57. The van der Waals surface area contributed by atoms with Gasteiger partial charge in [0, 0.05) is 13.1 Å². The Hall–Kier alpha value is -2.44. The van der Waals surface area contributed by atoms with Crippen LogP contribution in [0.1, 0.15) is 31.9 Å². The van der Waals surface area contributed by atoms with Crippen molar-refractivity contribution in [3.63, 3.8) is 0 Å². The Balaban J connectivity index is 1.63. The van der Waals surface area contributed by atoms with E-state index < -0.39 is 11.4 Å². The fourth-order valence-electron chi connectivity index (χ4n) is 2.85. The van der Waals surface area contributed by atoms with Gasteiger partial charge in [0.25, 0.3) is 0 Å². The van der Waals surface area contributed by atoms with Gasteiger partial charge in [-0.2, -0.15) is 0 Å². The maximum absolute atomic E-state index is 12.3. The minimum Gasteiger partial charge on any atom is -0.481 e. The lowest BCUT2D eigenvalue weighted by atomic mass is 9.90. The van der Waals surface area contributed by atoms with E-state index >= 15 is 0 Å². The molecular weight excluding hydrogens is 300 g/mol. The minimum atomic E-state index is -0.864. The number of carbonyl (C=O) groups is 2. The molecule has 2 atom stereocenters. The lowest BCUT2D eigenvalue weighted by Gasteiger charge is -2.23. The van der Waals surface area contributed by atoms with Crippen molar-refractivity contribution in [1.82, 2.24) is 10.2 Å². The smallest absolute Gasteiger partial charge is 0.317 e. The molecule has 2 N–H and O–H groups in total. The van der Waals surface area contributed by atoms with Gasteiger partial charge in [-0.1, -0.05) is 6.07 Å². The fourth-order valence-corrected chi connectivity index (χ4v) is 2.85. The van der Waals surface area contributed by atoms with Crippen LogP contribution in [0.3, 0.4) is 0 Å². The first-order chi connectivity index (χ1) is 10.9. The molecular formula is C16H20N2O5. The number of nitrogens with zero attached hydrogens (tertiary/aromatic N) is 1. The number of hydrogen-bond donors (Lipinski definition) is 2. The average Bonchev–Trinajstić information content (AvgIpc) is 3.13. The molecule has 2 unspecified atom stereocenters. The summed E-state index contributed by atoms with van der Waals surface area (Å²) in [6.45, 7) is 4.43. The number of rotatable bonds is 3. The van der Waals surface area contributed by atoms with E-state index in [1.165, 1.54) is 0 Å². The molecule has 7 heteroatoms. The van der Waals surface area contributed by atoms with Crippen molar-refractivity contribution in [3.05, 3.63) is 23.8 Å². The molecule has 1 aromatic carbocycles. The Morgan fingerprint density at radius 3 is 2.78 bits per heavy atom. The van der Waals surface area contributed by atoms with Gasteiger partial charge >= 0.3 is 12.0 Å². The number of fused-ring (bicyclic) bond motifs is 1. The van der Waals surface area contributed by atoms with Crippen LogP contribution in [0.25, 0.3) is 0 Å². The van der Waals surface area contributed by atoms with Crippen LogP contribution < -0.4 is 14.8 Å². The van der Waals surface area contributed by atoms with Crippen LogP contribution in [0.4, 0.5) is 4.79 Å². The summed E-state index contributed by atoms with van der Waals surface area (Å²) >= 11 is 0. The van der Waals surface area contributed by atoms with Gasteiger partial charge in [-0.05, 0) is 38.0 Å². The molecule has 0 saturated carbocycles. The van der Waals surface area contributed by atoms with Crippen LogP contribution in [0.2, 0.25) is 0 Å². The van der Waals surface area contributed by atoms with Gasteiger partial charge in [0.15, 0.2) is 11.5 Å². The van der Waals surface area contributed by atoms with Gasteiger partial charge < -0.3 is 24.8 Å². The molecule has 1 aromatic rings. The number of nitrogens with one attached hydrogen (secondary N) is 1. The number of amides is 2. The molecule has 2 amide bonds. The van der Waals surface area contributed by atoms with Crippen molar-refractivity contribution in [2.75, 3.05) is 19.9 Å². The average molecular weight is 320 g/mol. The van der Waals surface area contributed by atoms with E-state index in [2.05, 4.69) is 5.32 Å². The highest BCUT2D eigenvalue weighted by molar-refractivity contribution is 5.79. The van der Waals surface area contributed by atoms with Gasteiger partial charge in [-0.3, -0.25) is 4.79 Å². The Labute approximate surface area is 134 Å². The standard InChI is InChI=1S/C16H20N2O5/c1-10(11-3-4-12-13(7-11)23-9-22-12)17-15(21)18-6-5-16(2,8-18)14(19)20/h3-4,7,10H,5-6,8-9H2,1-2H3,(H,17,21)(H,19,20). The van der Waals surface area contributed by atoms with E-state index in [1.807, 2.05) is 25.1 Å². The molecule has 1 saturated heterocycles.